The van der Waals surface area contributed by atoms with Crippen LogP contribution in [0.15, 0.2) is 48.5 Å². The first kappa shape index (κ1) is 15.3. The van der Waals surface area contributed by atoms with Gasteiger partial charge in [0.1, 0.15) is 0 Å². The van der Waals surface area contributed by atoms with Crippen molar-refractivity contribution >= 4 is 5.97 Å². The van der Waals surface area contributed by atoms with E-state index in [2.05, 4.69) is 55.5 Å². The molecule has 2 aromatic rings. The third-order valence-corrected chi connectivity index (χ3v) is 3.76. The van der Waals surface area contributed by atoms with E-state index in [4.69, 9.17) is 5.11 Å². The topological polar surface area (TPSA) is 37.3 Å². The standard InChI is InChI=1S/C19H22O2/c1-14-7-10-17(11-8-14)18-5-3-4-16(13-18)9-6-15(2)12-19(20)21/h3-5,7-8,10-11,13,15H,6,9,12H2,1-2H3,(H,20,21). The van der Waals surface area contributed by atoms with Gasteiger partial charge in [-0.25, -0.2) is 0 Å². The number of aryl methyl sites for hydroxylation is 2. The van der Waals surface area contributed by atoms with Crippen molar-refractivity contribution in [3.63, 3.8) is 0 Å². The lowest BCUT2D eigenvalue weighted by Crippen LogP contribution is -2.05. The molecule has 0 aliphatic rings. The Morgan fingerprint density at radius 1 is 1.10 bits per heavy atom. The third-order valence-electron chi connectivity index (χ3n) is 3.76. The third kappa shape index (κ3) is 4.75. The number of hydrogen-bond donors (Lipinski definition) is 1. The highest BCUT2D eigenvalue weighted by Gasteiger charge is 2.08. The smallest absolute Gasteiger partial charge is 0.303 e. The first-order valence-corrected chi connectivity index (χ1v) is 7.42. The quantitative estimate of drug-likeness (QED) is 0.833. The molecule has 0 saturated carbocycles. The summed E-state index contributed by atoms with van der Waals surface area (Å²) in [6, 6.07) is 17.0. The maximum absolute atomic E-state index is 10.7. The van der Waals surface area contributed by atoms with Gasteiger partial charge in [-0.05, 0) is 42.4 Å². The molecule has 1 atom stereocenters. The Kier molecular flexibility index (Phi) is 5.15. The van der Waals surface area contributed by atoms with Crippen molar-refractivity contribution in [1.82, 2.24) is 0 Å². The summed E-state index contributed by atoms with van der Waals surface area (Å²) < 4.78 is 0. The van der Waals surface area contributed by atoms with Crippen molar-refractivity contribution in [3.8, 4) is 11.1 Å². The van der Waals surface area contributed by atoms with Crippen molar-refractivity contribution in [3.05, 3.63) is 59.7 Å². The van der Waals surface area contributed by atoms with E-state index in [0.717, 1.165) is 12.8 Å². The highest BCUT2D eigenvalue weighted by molar-refractivity contribution is 5.67. The number of carbonyl (C=O) groups is 1. The number of rotatable bonds is 6. The predicted molar refractivity (Wildman–Crippen MR) is 86.4 cm³/mol. The van der Waals surface area contributed by atoms with E-state index in [1.54, 1.807) is 0 Å². The summed E-state index contributed by atoms with van der Waals surface area (Å²) in [5.74, 6) is -0.499. The minimum atomic E-state index is -0.712. The first-order chi connectivity index (χ1) is 10.0. The van der Waals surface area contributed by atoms with E-state index in [9.17, 15) is 4.79 Å². The summed E-state index contributed by atoms with van der Waals surface area (Å²) in [5.41, 5.74) is 4.97. The second kappa shape index (κ2) is 7.07. The summed E-state index contributed by atoms with van der Waals surface area (Å²) in [5, 5.41) is 8.80. The minimum Gasteiger partial charge on any atom is -0.481 e. The zero-order chi connectivity index (χ0) is 15.2. The monoisotopic (exact) mass is 282 g/mol. The minimum absolute atomic E-state index is 0.213. The fraction of sp³-hybridized carbons (Fsp3) is 0.316. The van der Waals surface area contributed by atoms with E-state index in [0.29, 0.717) is 0 Å². The van der Waals surface area contributed by atoms with Crippen LogP contribution in [-0.2, 0) is 11.2 Å². The number of carboxylic acids is 1. The molecule has 2 heteroatoms. The molecule has 0 saturated heterocycles. The number of aliphatic carboxylic acids is 1. The van der Waals surface area contributed by atoms with Crippen LogP contribution >= 0.6 is 0 Å². The van der Waals surface area contributed by atoms with Gasteiger partial charge >= 0.3 is 5.97 Å². The molecule has 1 N–H and O–H groups in total. The number of hydrogen-bond acceptors (Lipinski definition) is 1. The zero-order valence-electron chi connectivity index (χ0n) is 12.7. The Morgan fingerprint density at radius 3 is 2.48 bits per heavy atom. The molecule has 0 aromatic heterocycles. The van der Waals surface area contributed by atoms with Gasteiger partial charge in [-0.1, -0.05) is 61.0 Å². The largest absolute Gasteiger partial charge is 0.481 e. The van der Waals surface area contributed by atoms with Crippen molar-refractivity contribution in [2.24, 2.45) is 5.92 Å². The van der Waals surface area contributed by atoms with Gasteiger partial charge in [0, 0.05) is 6.42 Å². The maximum Gasteiger partial charge on any atom is 0.303 e. The number of benzene rings is 2. The number of carboxylic acid groups (broad SMARTS) is 1. The zero-order valence-corrected chi connectivity index (χ0v) is 12.7. The highest BCUT2D eigenvalue weighted by atomic mass is 16.4. The summed E-state index contributed by atoms with van der Waals surface area (Å²) in [6.07, 6.45) is 2.08. The molecule has 110 valence electrons. The van der Waals surface area contributed by atoms with Crippen molar-refractivity contribution in [2.45, 2.75) is 33.1 Å². The van der Waals surface area contributed by atoms with Crippen LogP contribution in [-0.4, -0.2) is 11.1 Å². The molecule has 0 radical (unpaired) electrons. The van der Waals surface area contributed by atoms with Gasteiger partial charge in [0.05, 0.1) is 0 Å². The van der Waals surface area contributed by atoms with Crippen molar-refractivity contribution in [1.29, 1.82) is 0 Å². The molecule has 1 unspecified atom stereocenters. The molecule has 2 nitrogen and oxygen atoms in total. The SMILES string of the molecule is Cc1ccc(-c2cccc(CCC(C)CC(=O)O)c2)cc1. The normalized spacial score (nSPS) is 12.1. The fourth-order valence-corrected chi connectivity index (χ4v) is 2.47. The van der Waals surface area contributed by atoms with Crippen LogP contribution in [0, 0.1) is 12.8 Å². The van der Waals surface area contributed by atoms with E-state index < -0.39 is 5.97 Å². The van der Waals surface area contributed by atoms with Gasteiger partial charge in [0.2, 0.25) is 0 Å². The van der Waals surface area contributed by atoms with Crippen LogP contribution in [0.4, 0.5) is 0 Å². The molecule has 0 amide bonds. The van der Waals surface area contributed by atoms with Crippen molar-refractivity contribution in [2.75, 3.05) is 0 Å². The van der Waals surface area contributed by atoms with E-state index in [-0.39, 0.29) is 12.3 Å². The second-order valence-corrected chi connectivity index (χ2v) is 5.81. The molecular weight excluding hydrogens is 260 g/mol. The summed E-state index contributed by atoms with van der Waals surface area (Å²) in [6.45, 7) is 4.09. The molecule has 0 aliphatic heterocycles. The Bertz CT molecular complexity index is 599. The van der Waals surface area contributed by atoms with Gasteiger partial charge in [-0.3, -0.25) is 4.79 Å². The van der Waals surface area contributed by atoms with E-state index >= 15 is 0 Å². The summed E-state index contributed by atoms with van der Waals surface area (Å²) >= 11 is 0. The van der Waals surface area contributed by atoms with E-state index in [1.807, 2.05) is 6.92 Å². The lowest BCUT2D eigenvalue weighted by molar-refractivity contribution is -0.138. The summed E-state index contributed by atoms with van der Waals surface area (Å²) in [7, 11) is 0. The van der Waals surface area contributed by atoms with Crippen LogP contribution in [0.2, 0.25) is 0 Å². The van der Waals surface area contributed by atoms with Gasteiger partial charge in [0.25, 0.3) is 0 Å². The molecule has 0 heterocycles. The Balaban J connectivity index is 2.04. The Hall–Kier alpha value is -2.09. The van der Waals surface area contributed by atoms with Crippen LogP contribution in [0.25, 0.3) is 11.1 Å². The average Bonchev–Trinajstić information content (AvgIpc) is 2.45. The highest BCUT2D eigenvalue weighted by Crippen LogP contribution is 2.22. The van der Waals surface area contributed by atoms with Crippen molar-refractivity contribution < 1.29 is 9.90 Å². The lowest BCUT2D eigenvalue weighted by Gasteiger charge is -2.10. The Morgan fingerprint density at radius 2 is 1.81 bits per heavy atom. The molecule has 2 rings (SSSR count). The summed E-state index contributed by atoms with van der Waals surface area (Å²) in [4.78, 5) is 10.7. The maximum atomic E-state index is 10.7. The van der Waals surface area contributed by atoms with Gasteiger partial charge < -0.3 is 5.11 Å². The molecule has 2 aromatic carbocycles. The lowest BCUT2D eigenvalue weighted by atomic mass is 9.96. The van der Waals surface area contributed by atoms with Crippen LogP contribution < -0.4 is 0 Å². The van der Waals surface area contributed by atoms with Gasteiger partial charge in [-0.15, -0.1) is 0 Å². The van der Waals surface area contributed by atoms with Gasteiger partial charge in [-0.2, -0.15) is 0 Å². The molecular formula is C19H22O2. The average molecular weight is 282 g/mol. The van der Waals surface area contributed by atoms with E-state index in [1.165, 1.54) is 22.3 Å². The first-order valence-electron chi connectivity index (χ1n) is 7.42. The fourth-order valence-electron chi connectivity index (χ4n) is 2.47. The van der Waals surface area contributed by atoms with Crippen LogP contribution in [0.5, 0.6) is 0 Å². The Labute approximate surface area is 126 Å². The van der Waals surface area contributed by atoms with Crippen LogP contribution in [0.3, 0.4) is 0 Å². The second-order valence-electron chi connectivity index (χ2n) is 5.81. The van der Waals surface area contributed by atoms with Gasteiger partial charge in [0.15, 0.2) is 0 Å². The molecule has 0 fully saturated rings. The van der Waals surface area contributed by atoms with Crippen LogP contribution in [0.1, 0.15) is 30.9 Å². The molecule has 0 bridgehead atoms. The predicted octanol–water partition coefficient (Wildman–Crippen LogP) is 4.71. The molecule has 0 aliphatic carbocycles. The molecule has 21 heavy (non-hydrogen) atoms. The molecule has 0 spiro atoms.